The first-order valence-electron chi connectivity index (χ1n) is 9.89. The third-order valence-corrected chi connectivity index (χ3v) is 5.36. The zero-order valence-corrected chi connectivity index (χ0v) is 18.6. The zero-order chi connectivity index (χ0) is 21.4. The van der Waals surface area contributed by atoms with Crippen molar-refractivity contribution in [3.63, 3.8) is 0 Å². The number of hydrogen-bond acceptors (Lipinski definition) is 2. The van der Waals surface area contributed by atoms with E-state index in [1.54, 1.807) is 17.0 Å². The van der Waals surface area contributed by atoms with E-state index in [4.69, 9.17) is 23.2 Å². The summed E-state index contributed by atoms with van der Waals surface area (Å²) in [6, 6.07) is 14.6. The predicted molar refractivity (Wildman–Crippen MR) is 119 cm³/mol. The van der Waals surface area contributed by atoms with Crippen molar-refractivity contribution in [2.45, 2.75) is 58.7 Å². The predicted octanol–water partition coefficient (Wildman–Crippen LogP) is 5.26. The van der Waals surface area contributed by atoms with E-state index in [1.807, 2.05) is 57.2 Å². The van der Waals surface area contributed by atoms with E-state index in [0.29, 0.717) is 35.9 Å². The summed E-state index contributed by atoms with van der Waals surface area (Å²) in [6.45, 7) is 6.03. The number of carbonyl (C=O) groups is 2. The lowest BCUT2D eigenvalue weighted by atomic mass is 10.1. The molecule has 0 aromatic heterocycles. The molecule has 0 spiro atoms. The maximum absolute atomic E-state index is 13.2. The third kappa shape index (κ3) is 7.06. The van der Waals surface area contributed by atoms with E-state index >= 15 is 0 Å². The maximum atomic E-state index is 13.2. The van der Waals surface area contributed by atoms with Crippen molar-refractivity contribution >= 4 is 35.0 Å². The van der Waals surface area contributed by atoms with Crippen molar-refractivity contribution in [2.75, 3.05) is 0 Å². The molecule has 6 heteroatoms. The Hall–Kier alpha value is -2.04. The summed E-state index contributed by atoms with van der Waals surface area (Å²) in [7, 11) is 0. The molecule has 2 aromatic carbocycles. The lowest BCUT2D eigenvalue weighted by Gasteiger charge is -2.31. The van der Waals surface area contributed by atoms with Gasteiger partial charge in [-0.15, -0.1) is 0 Å². The summed E-state index contributed by atoms with van der Waals surface area (Å²) >= 11 is 12.2. The molecule has 0 aliphatic rings. The van der Waals surface area contributed by atoms with E-state index in [1.165, 1.54) is 0 Å². The molecule has 1 atom stereocenters. The van der Waals surface area contributed by atoms with Gasteiger partial charge in [0.25, 0.3) is 0 Å². The Kier molecular flexibility index (Phi) is 8.99. The average Bonchev–Trinajstić information content (AvgIpc) is 2.69. The van der Waals surface area contributed by atoms with Crippen molar-refractivity contribution in [2.24, 2.45) is 0 Å². The van der Waals surface area contributed by atoms with E-state index in [2.05, 4.69) is 5.32 Å². The lowest BCUT2D eigenvalue weighted by Crippen LogP contribution is -2.50. The van der Waals surface area contributed by atoms with Gasteiger partial charge < -0.3 is 10.2 Å². The van der Waals surface area contributed by atoms with E-state index in [0.717, 1.165) is 11.1 Å². The summed E-state index contributed by atoms with van der Waals surface area (Å²) in [5.41, 5.74) is 1.93. The van der Waals surface area contributed by atoms with Gasteiger partial charge in [0.1, 0.15) is 6.04 Å². The number of halogens is 2. The summed E-state index contributed by atoms with van der Waals surface area (Å²) in [4.78, 5) is 27.6. The molecule has 4 nitrogen and oxygen atoms in total. The first-order valence-corrected chi connectivity index (χ1v) is 10.6. The molecule has 156 valence electrons. The smallest absolute Gasteiger partial charge is 0.243 e. The molecule has 2 rings (SSSR count). The molecule has 0 fully saturated rings. The molecule has 2 amide bonds. The fourth-order valence-electron chi connectivity index (χ4n) is 3.17. The Labute approximate surface area is 183 Å². The van der Waals surface area contributed by atoms with Crippen LogP contribution in [-0.2, 0) is 22.6 Å². The zero-order valence-electron chi connectivity index (χ0n) is 17.1. The van der Waals surface area contributed by atoms with Crippen molar-refractivity contribution in [1.82, 2.24) is 10.2 Å². The van der Waals surface area contributed by atoms with Gasteiger partial charge in [0.2, 0.25) is 11.8 Å². The molecule has 0 radical (unpaired) electrons. The second-order valence-corrected chi connectivity index (χ2v) is 8.16. The fraction of sp³-hybridized carbons (Fsp3) is 0.391. The second-order valence-electron chi connectivity index (χ2n) is 7.34. The highest BCUT2D eigenvalue weighted by Gasteiger charge is 2.28. The quantitative estimate of drug-likeness (QED) is 0.584. The van der Waals surface area contributed by atoms with Gasteiger partial charge in [0.05, 0.1) is 10.0 Å². The molecule has 0 bridgehead atoms. The molecule has 0 aliphatic carbocycles. The SMILES string of the molecule is CC[C@H](C(=O)NC(C)C)N(Cc1ccc(Cl)c(Cl)c1)C(=O)CCc1ccccc1. The highest BCUT2D eigenvalue weighted by molar-refractivity contribution is 6.42. The number of aryl methyl sites for hydroxylation is 1. The van der Waals surface area contributed by atoms with Crippen LogP contribution in [-0.4, -0.2) is 28.8 Å². The first kappa shape index (κ1) is 23.2. The average molecular weight is 435 g/mol. The second kappa shape index (κ2) is 11.2. The molecule has 29 heavy (non-hydrogen) atoms. The number of carbonyl (C=O) groups excluding carboxylic acids is 2. The van der Waals surface area contributed by atoms with Crippen LogP contribution in [0, 0.1) is 0 Å². The molecule has 0 heterocycles. The lowest BCUT2D eigenvalue weighted by molar-refractivity contribution is -0.141. The van der Waals surface area contributed by atoms with Crippen LogP contribution in [0.2, 0.25) is 10.0 Å². The van der Waals surface area contributed by atoms with Gasteiger partial charge in [0.15, 0.2) is 0 Å². The van der Waals surface area contributed by atoms with Gasteiger partial charge in [-0.3, -0.25) is 9.59 Å². The van der Waals surface area contributed by atoms with Crippen molar-refractivity contribution in [3.05, 3.63) is 69.7 Å². The summed E-state index contributed by atoms with van der Waals surface area (Å²) in [6.07, 6.45) is 1.48. The number of nitrogens with zero attached hydrogens (tertiary/aromatic N) is 1. The minimum absolute atomic E-state index is 0.00259. The van der Waals surface area contributed by atoms with Crippen LogP contribution in [0.1, 0.15) is 44.7 Å². The molecule has 1 N–H and O–H groups in total. The Morgan fingerprint density at radius 2 is 1.69 bits per heavy atom. The van der Waals surface area contributed by atoms with Crippen LogP contribution in [0.15, 0.2) is 48.5 Å². The summed E-state index contributed by atoms with van der Waals surface area (Å²) in [5.74, 6) is -0.207. The fourth-order valence-corrected chi connectivity index (χ4v) is 3.50. The third-order valence-electron chi connectivity index (χ3n) is 4.62. The number of nitrogens with one attached hydrogen (secondary N) is 1. The molecule has 0 saturated heterocycles. The normalized spacial score (nSPS) is 11.9. The largest absolute Gasteiger partial charge is 0.352 e. The van der Waals surface area contributed by atoms with Crippen LogP contribution >= 0.6 is 23.2 Å². The Morgan fingerprint density at radius 1 is 1.00 bits per heavy atom. The van der Waals surface area contributed by atoms with Crippen molar-refractivity contribution < 1.29 is 9.59 Å². The van der Waals surface area contributed by atoms with Gasteiger partial charge in [-0.25, -0.2) is 0 Å². The molecule has 0 aliphatic heterocycles. The van der Waals surface area contributed by atoms with E-state index < -0.39 is 6.04 Å². The standard InChI is InChI=1S/C23H28Cl2N2O2/c1-4-21(23(29)26-16(2)3)27(15-18-10-12-19(24)20(25)14-18)22(28)13-11-17-8-6-5-7-9-17/h5-10,12,14,16,21H,4,11,13,15H2,1-3H3,(H,26,29)/t21-/m1/s1. The van der Waals surface area contributed by atoms with Crippen LogP contribution in [0.25, 0.3) is 0 Å². The molecule has 0 saturated carbocycles. The Morgan fingerprint density at radius 3 is 2.28 bits per heavy atom. The maximum Gasteiger partial charge on any atom is 0.243 e. The number of amides is 2. The van der Waals surface area contributed by atoms with Crippen molar-refractivity contribution in [1.29, 1.82) is 0 Å². The first-order chi connectivity index (χ1) is 13.8. The molecule has 2 aromatic rings. The Balaban J connectivity index is 2.23. The molecular formula is C23H28Cl2N2O2. The van der Waals surface area contributed by atoms with Gasteiger partial charge in [-0.1, -0.05) is 66.5 Å². The van der Waals surface area contributed by atoms with Crippen LogP contribution in [0.5, 0.6) is 0 Å². The van der Waals surface area contributed by atoms with Gasteiger partial charge in [-0.05, 0) is 49.9 Å². The number of rotatable bonds is 9. The number of hydrogen-bond donors (Lipinski definition) is 1. The molecular weight excluding hydrogens is 407 g/mol. The highest BCUT2D eigenvalue weighted by Crippen LogP contribution is 2.24. The number of benzene rings is 2. The highest BCUT2D eigenvalue weighted by atomic mass is 35.5. The Bertz CT molecular complexity index is 825. The van der Waals surface area contributed by atoms with E-state index in [9.17, 15) is 9.59 Å². The molecule has 0 unspecified atom stereocenters. The van der Waals surface area contributed by atoms with Gasteiger partial charge in [-0.2, -0.15) is 0 Å². The van der Waals surface area contributed by atoms with Crippen LogP contribution < -0.4 is 5.32 Å². The monoisotopic (exact) mass is 434 g/mol. The summed E-state index contributed by atoms with van der Waals surface area (Å²) < 4.78 is 0. The minimum Gasteiger partial charge on any atom is -0.352 e. The summed E-state index contributed by atoms with van der Waals surface area (Å²) in [5, 5.41) is 3.82. The van der Waals surface area contributed by atoms with Crippen LogP contribution in [0.3, 0.4) is 0 Å². The van der Waals surface area contributed by atoms with Gasteiger partial charge in [0, 0.05) is 19.0 Å². The van der Waals surface area contributed by atoms with Crippen LogP contribution in [0.4, 0.5) is 0 Å². The minimum atomic E-state index is -0.546. The van der Waals surface area contributed by atoms with E-state index in [-0.39, 0.29) is 17.9 Å². The van der Waals surface area contributed by atoms with Gasteiger partial charge >= 0.3 is 0 Å². The van der Waals surface area contributed by atoms with Crippen molar-refractivity contribution in [3.8, 4) is 0 Å². The topological polar surface area (TPSA) is 49.4 Å².